The van der Waals surface area contributed by atoms with Gasteiger partial charge in [-0.1, -0.05) is 25.0 Å². The fourth-order valence-corrected chi connectivity index (χ4v) is 4.36. The lowest BCUT2D eigenvalue weighted by molar-refractivity contribution is 0.0945. The Morgan fingerprint density at radius 1 is 1.06 bits per heavy atom. The maximum atomic E-state index is 12.6. The molecule has 0 aliphatic heterocycles. The minimum atomic E-state index is -0.403. The van der Waals surface area contributed by atoms with Gasteiger partial charge in [0.2, 0.25) is 0 Å². The summed E-state index contributed by atoms with van der Waals surface area (Å²) in [7, 11) is 0. The molecular formula is C24H26N6O2. The number of hydrogen-bond acceptors (Lipinski definition) is 5. The van der Waals surface area contributed by atoms with Gasteiger partial charge in [0, 0.05) is 36.7 Å². The van der Waals surface area contributed by atoms with Crippen molar-refractivity contribution < 1.29 is 4.79 Å². The van der Waals surface area contributed by atoms with E-state index in [0.717, 1.165) is 17.9 Å². The molecule has 0 radical (unpaired) electrons. The molecule has 1 saturated carbocycles. The molecule has 4 heterocycles. The average molecular weight is 431 g/mol. The number of pyridine rings is 2. The van der Waals surface area contributed by atoms with Crippen LogP contribution in [0.2, 0.25) is 0 Å². The van der Waals surface area contributed by atoms with Crippen molar-refractivity contribution in [1.82, 2.24) is 29.4 Å². The van der Waals surface area contributed by atoms with Crippen LogP contribution in [-0.2, 0) is 13.1 Å². The van der Waals surface area contributed by atoms with Crippen molar-refractivity contribution in [3.8, 4) is 0 Å². The van der Waals surface area contributed by atoms with Crippen molar-refractivity contribution in [2.45, 2.75) is 51.2 Å². The highest BCUT2D eigenvalue weighted by Gasteiger charge is 2.27. The van der Waals surface area contributed by atoms with E-state index in [1.54, 1.807) is 24.4 Å². The van der Waals surface area contributed by atoms with Crippen molar-refractivity contribution in [3.63, 3.8) is 0 Å². The fraction of sp³-hybridized carbons (Fsp3) is 0.333. The standard InChI is InChI=1S/C24H26N6O2/c1-24(9-3-4-10-24)26-13-17-7-8-20-27-18(16-29(20)15-17)14-25-23(32)19-12-22(31)30-11-5-2-6-21(30)28-19/h2,5-8,11-12,15-16,26H,3-4,9-10,13-14H2,1H3,(H,25,32). The highest BCUT2D eigenvalue weighted by molar-refractivity contribution is 5.92. The number of fused-ring (bicyclic) bond motifs is 2. The Bertz CT molecular complexity index is 1350. The van der Waals surface area contributed by atoms with E-state index in [-0.39, 0.29) is 23.3 Å². The Kier molecular flexibility index (Phi) is 5.22. The topological polar surface area (TPSA) is 92.8 Å². The van der Waals surface area contributed by atoms with E-state index in [1.165, 1.54) is 41.7 Å². The molecule has 0 bridgehead atoms. The van der Waals surface area contributed by atoms with Crippen molar-refractivity contribution in [1.29, 1.82) is 0 Å². The van der Waals surface area contributed by atoms with Crippen LogP contribution in [0.15, 0.2) is 59.8 Å². The van der Waals surface area contributed by atoms with Crippen LogP contribution in [0, 0.1) is 0 Å². The number of imidazole rings is 1. The summed E-state index contributed by atoms with van der Waals surface area (Å²) in [5.41, 5.74) is 3.24. The zero-order valence-corrected chi connectivity index (χ0v) is 18.0. The maximum Gasteiger partial charge on any atom is 0.270 e. The van der Waals surface area contributed by atoms with Gasteiger partial charge in [-0.05, 0) is 43.5 Å². The molecule has 1 amide bonds. The largest absolute Gasteiger partial charge is 0.345 e. The first kappa shape index (κ1) is 20.4. The molecule has 4 aromatic rings. The van der Waals surface area contributed by atoms with Crippen LogP contribution in [0.25, 0.3) is 11.3 Å². The van der Waals surface area contributed by atoms with Gasteiger partial charge in [0.05, 0.1) is 12.2 Å². The second-order valence-electron chi connectivity index (χ2n) is 8.75. The zero-order valence-electron chi connectivity index (χ0n) is 18.0. The highest BCUT2D eigenvalue weighted by atomic mass is 16.2. The molecule has 0 unspecified atom stereocenters. The molecular weight excluding hydrogens is 404 g/mol. The molecule has 0 spiro atoms. The lowest BCUT2D eigenvalue weighted by atomic mass is 10.0. The van der Waals surface area contributed by atoms with Gasteiger partial charge in [0.1, 0.15) is 17.0 Å². The van der Waals surface area contributed by atoms with Crippen LogP contribution in [0.5, 0.6) is 0 Å². The lowest BCUT2D eigenvalue weighted by Gasteiger charge is -2.25. The third kappa shape index (κ3) is 4.13. The molecule has 8 nitrogen and oxygen atoms in total. The Labute approximate surface area is 185 Å². The van der Waals surface area contributed by atoms with E-state index in [1.807, 2.05) is 16.7 Å². The van der Waals surface area contributed by atoms with Gasteiger partial charge in [-0.15, -0.1) is 0 Å². The summed E-state index contributed by atoms with van der Waals surface area (Å²) in [4.78, 5) is 33.6. The average Bonchev–Trinajstić information content (AvgIpc) is 3.42. The normalized spacial score (nSPS) is 15.4. The number of hydrogen-bond donors (Lipinski definition) is 2. The van der Waals surface area contributed by atoms with Crippen molar-refractivity contribution >= 4 is 17.2 Å². The van der Waals surface area contributed by atoms with Crippen molar-refractivity contribution in [3.05, 3.63) is 82.3 Å². The molecule has 1 aliphatic rings. The zero-order chi connectivity index (χ0) is 22.1. The number of nitrogens with one attached hydrogen (secondary N) is 2. The number of nitrogens with zero attached hydrogens (tertiary/aromatic N) is 4. The second kappa shape index (κ2) is 8.20. The van der Waals surface area contributed by atoms with Crippen LogP contribution in [0.4, 0.5) is 0 Å². The summed E-state index contributed by atoms with van der Waals surface area (Å²) in [6.07, 6.45) is 10.7. The first-order valence-corrected chi connectivity index (χ1v) is 11.0. The van der Waals surface area contributed by atoms with Gasteiger partial charge >= 0.3 is 0 Å². The summed E-state index contributed by atoms with van der Waals surface area (Å²) in [5.74, 6) is -0.403. The number of carbonyl (C=O) groups excluding carboxylic acids is 1. The quantitative estimate of drug-likeness (QED) is 0.491. The van der Waals surface area contributed by atoms with Crippen LogP contribution in [0.3, 0.4) is 0 Å². The van der Waals surface area contributed by atoms with E-state index in [4.69, 9.17) is 0 Å². The Balaban J connectivity index is 1.26. The van der Waals surface area contributed by atoms with E-state index in [9.17, 15) is 9.59 Å². The lowest BCUT2D eigenvalue weighted by Crippen LogP contribution is -2.38. The molecule has 8 heteroatoms. The molecule has 0 atom stereocenters. The summed E-state index contributed by atoms with van der Waals surface area (Å²) in [6, 6.07) is 10.5. The van der Waals surface area contributed by atoms with Gasteiger partial charge in [0.15, 0.2) is 0 Å². The minimum Gasteiger partial charge on any atom is -0.345 e. The van der Waals surface area contributed by atoms with Crippen LogP contribution >= 0.6 is 0 Å². The number of aromatic nitrogens is 4. The van der Waals surface area contributed by atoms with Gasteiger partial charge < -0.3 is 15.0 Å². The predicted octanol–water partition coefficient (Wildman–Crippen LogP) is 2.69. The minimum absolute atomic E-state index is 0.0960. The summed E-state index contributed by atoms with van der Waals surface area (Å²) >= 11 is 0. The van der Waals surface area contributed by atoms with E-state index >= 15 is 0 Å². The third-order valence-corrected chi connectivity index (χ3v) is 6.22. The maximum absolute atomic E-state index is 12.6. The molecule has 2 N–H and O–H groups in total. The number of rotatable bonds is 6. The van der Waals surface area contributed by atoms with E-state index in [2.05, 4.69) is 39.8 Å². The van der Waals surface area contributed by atoms with Crippen molar-refractivity contribution in [2.75, 3.05) is 0 Å². The summed E-state index contributed by atoms with van der Waals surface area (Å²) < 4.78 is 3.38. The molecule has 0 saturated heterocycles. The van der Waals surface area contributed by atoms with Crippen LogP contribution < -0.4 is 16.2 Å². The Morgan fingerprint density at radius 3 is 2.75 bits per heavy atom. The van der Waals surface area contributed by atoms with Gasteiger partial charge in [-0.3, -0.25) is 14.0 Å². The fourth-order valence-electron chi connectivity index (χ4n) is 4.36. The highest BCUT2D eigenvalue weighted by Crippen LogP contribution is 2.29. The first-order valence-electron chi connectivity index (χ1n) is 11.0. The molecule has 1 fully saturated rings. The molecule has 4 aromatic heterocycles. The van der Waals surface area contributed by atoms with Gasteiger partial charge in [-0.25, -0.2) is 9.97 Å². The SMILES string of the molecule is CC1(NCc2ccc3nc(CNC(=O)c4cc(=O)n5ccccc5n4)cn3c2)CCCC1. The molecule has 5 rings (SSSR count). The van der Waals surface area contributed by atoms with Gasteiger partial charge in [-0.2, -0.15) is 0 Å². The number of amides is 1. The number of carbonyl (C=O) groups is 1. The Hall–Kier alpha value is -3.52. The van der Waals surface area contributed by atoms with Crippen LogP contribution in [-0.4, -0.2) is 30.2 Å². The van der Waals surface area contributed by atoms with E-state index < -0.39 is 5.91 Å². The molecule has 164 valence electrons. The van der Waals surface area contributed by atoms with E-state index in [0.29, 0.717) is 5.65 Å². The Morgan fingerprint density at radius 2 is 1.91 bits per heavy atom. The molecule has 32 heavy (non-hydrogen) atoms. The summed E-state index contributed by atoms with van der Waals surface area (Å²) in [6.45, 7) is 3.37. The first-order chi connectivity index (χ1) is 15.5. The molecule has 0 aromatic carbocycles. The van der Waals surface area contributed by atoms with Gasteiger partial charge in [0.25, 0.3) is 11.5 Å². The summed E-state index contributed by atoms with van der Waals surface area (Å²) in [5, 5.41) is 6.51. The smallest absolute Gasteiger partial charge is 0.270 e. The van der Waals surface area contributed by atoms with Crippen molar-refractivity contribution in [2.24, 2.45) is 0 Å². The monoisotopic (exact) mass is 430 g/mol. The predicted molar refractivity (Wildman–Crippen MR) is 122 cm³/mol. The van der Waals surface area contributed by atoms with Crippen LogP contribution in [0.1, 0.15) is 54.4 Å². The molecule has 1 aliphatic carbocycles. The third-order valence-electron chi connectivity index (χ3n) is 6.22. The second-order valence-corrected chi connectivity index (χ2v) is 8.75.